The molecule has 0 unspecified atom stereocenters. The Morgan fingerprint density at radius 1 is 1.10 bits per heavy atom. The highest BCUT2D eigenvalue weighted by molar-refractivity contribution is 7.97. The van der Waals surface area contributed by atoms with Crippen molar-refractivity contribution in [2.45, 2.75) is 24.4 Å². The van der Waals surface area contributed by atoms with Gasteiger partial charge in [-0.2, -0.15) is 13.2 Å². The van der Waals surface area contributed by atoms with Gasteiger partial charge in [-0.15, -0.1) is 0 Å². The number of aliphatic carboxylic acids is 1. The first-order valence-corrected chi connectivity index (χ1v) is 9.77. The summed E-state index contributed by atoms with van der Waals surface area (Å²) < 4.78 is 54.1. The van der Waals surface area contributed by atoms with Crippen LogP contribution in [0, 0.1) is 12.7 Å². The van der Waals surface area contributed by atoms with Crippen molar-refractivity contribution in [2.75, 3.05) is 31.1 Å². The number of carboxylic acid groups (broad SMARTS) is 1. The van der Waals surface area contributed by atoms with Gasteiger partial charge in [-0.05, 0) is 60.3 Å². The third kappa shape index (κ3) is 5.42. The highest BCUT2D eigenvalue weighted by atomic mass is 32.2. The molecule has 1 aliphatic rings. The summed E-state index contributed by atoms with van der Waals surface area (Å²) >= 11 is 1.51. The molecule has 1 aliphatic heterocycles. The summed E-state index contributed by atoms with van der Waals surface area (Å²) in [5, 5.41) is 9.01. The first-order valence-electron chi connectivity index (χ1n) is 8.99. The van der Waals surface area contributed by atoms with Crippen molar-refractivity contribution >= 4 is 23.6 Å². The van der Waals surface area contributed by atoms with Gasteiger partial charge >= 0.3 is 12.1 Å². The smallest absolute Gasteiger partial charge is 0.419 e. The maximum absolute atomic E-state index is 13.8. The SMILES string of the molecule is Cc1ccc(SN2CCN(c3ccc(C(F)(F)F)c(F)c3)CC2)cc1CC(=O)O. The lowest BCUT2D eigenvalue weighted by Crippen LogP contribution is -2.43. The molecule has 0 radical (unpaired) electrons. The minimum Gasteiger partial charge on any atom is -0.481 e. The Kier molecular flexibility index (Phi) is 6.38. The number of halogens is 4. The van der Waals surface area contributed by atoms with Gasteiger partial charge in [-0.3, -0.25) is 4.79 Å². The maximum Gasteiger partial charge on any atom is 0.419 e. The van der Waals surface area contributed by atoms with Crippen LogP contribution in [0.15, 0.2) is 41.3 Å². The average Bonchev–Trinajstić information content (AvgIpc) is 2.63. The fourth-order valence-corrected chi connectivity index (χ4v) is 4.14. The number of benzene rings is 2. The highest BCUT2D eigenvalue weighted by Crippen LogP contribution is 2.34. The molecule has 0 bridgehead atoms. The summed E-state index contributed by atoms with van der Waals surface area (Å²) in [7, 11) is 0. The van der Waals surface area contributed by atoms with E-state index in [0.717, 1.165) is 28.2 Å². The molecule has 1 fully saturated rings. The zero-order valence-electron chi connectivity index (χ0n) is 15.7. The van der Waals surface area contributed by atoms with Crippen molar-refractivity contribution in [1.29, 1.82) is 0 Å². The Labute approximate surface area is 170 Å². The van der Waals surface area contributed by atoms with Gasteiger partial charge in [0.05, 0.1) is 12.0 Å². The molecule has 0 aliphatic carbocycles. The zero-order chi connectivity index (χ0) is 21.2. The number of anilines is 1. The maximum atomic E-state index is 13.8. The van der Waals surface area contributed by atoms with E-state index in [9.17, 15) is 22.4 Å². The topological polar surface area (TPSA) is 43.8 Å². The Hall–Kier alpha value is -2.26. The normalized spacial score (nSPS) is 15.6. The van der Waals surface area contributed by atoms with E-state index in [2.05, 4.69) is 4.31 Å². The molecule has 0 amide bonds. The summed E-state index contributed by atoms with van der Waals surface area (Å²) in [6.07, 6.45) is -4.74. The molecule has 0 spiro atoms. The summed E-state index contributed by atoms with van der Waals surface area (Å²) in [6, 6.07) is 8.70. The lowest BCUT2D eigenvalue weighted by Gasteiger charge is -2.35. The number of hydrogen-bond acceptors (Lipinski definition) is 4. The van der Waals surface area contributed by atoms with Gasteiger partial charge in [0.25, 0.3) is 0 Å². The van der Waals surface area contributed by atoms with E-state index >= 15 is 0 Å². The number of rotatable bonds is 5. The summed E-state index contributed by atoms with van der Waals surface area (Å²) in [5.41, 5.74) is 0.860. The van der Waals surface area contributed by atoms with Gasteiger partial charge in [-0.1, -0.05) is 6.07 Å². The molecule has 1 heterocycles. The van der Waals surface area contributed by atoms with Crippen LogP contribution in [0.3, 0.4) is 0 Å². The van der Waals surface area contributed by atoms with Gasteiger partial charge in [0.15, 0.2) is 0 Å². The number of alkyl halides is 3. The van der Waals surface area contributed by atoms with Gasteiger partial charge in [0.2, 0.25) is 0 Å². The van der Waals surface area contributed by atoms with E-state index in [-0.39, 0.29) is 6.42 Å². The molecule has 4 nitrogen and oxygen atoms in total. The summed E-state index contributed by atoms with van der Waals surface area (Å²) in [6.45, 7) is 4.23. The van der Waals surface area contributed by atoms with E-state index in [1.807, 2.05) is 30.0 Å². The second-order valence-electron chi connectivity index (χ2n) is 6.83. The minimum atomic E-state index is -4.70. The lowest BCUT2D eigenvalue weighted by atomic mass is 10.1. The zero-order valence-corrected chi connectivity index (χ0v) is 16.5. The first kappa shape index (κ1) is 21.4. The van der Waals surface area contributed by atoms with Crippen molar-refractivity contribution in [2.24, 2.45) is 0 Å². The second kappa shape index (κ2) is 8.62. The number of carbonyl (C=O) groups is 1. The number of aryl methyl sites for hydroxylation is 1. The molecule has 9 heteroatoms. The number of carboxylic acids is 1. The van der Waals surface area contributed by atoms with Crippen LogP contribution >= 0.6 is 11.9 Å². The molecule has 3 rings (SSSR count). The quantitative estimate of drug-likeness (QED) is 0.557. The lowest BCUT2D eigenvalue weighted by molar-refractivity contribution is -0.140. The van der Waals surface area contributed by atoms with E-state index in [1.165, 1.54) is 18.0 Å². The van der Waals surface area contributed by atoms with Gasteiger partial charge < -0.3 is 10.0 Å². The van der Waals surface area contributed by atoms with Gasteiger partial charge in [-0.25, -0.2) is 8.70 Å². The molecule has 2 aromatic carbocycles. The van der Waals surface area contributed by atoms with Crippen LogP contribution in [0.2, 0.25) is 0 Å². The summed E-state index contributed by atoms with van der Waals surface area (Å²) in [4.78, 5) is 13.8. The number of nitrogens with zero attached hydrogens (tertiary/aromatic N) is 2. The van der Waals surface area contributed by atoms with Crippen LogP contribution < -0.4 is 4.90 Å². The van der Waals surface area contributed by atoms with Crippen LogP contribution in [0.5, 0.6) is 0 Å². The van der Waals surface area contributed by atoms with E-state index < -0.39 is 23.5 Å². The molecule has 29 heavy (non-hydrogen) atoms. The van der Waals surface area contributed by atoms with Crippen LogP contribution in [0.1, 0.15) is 16.7 Å². The fourth-order valence-electron chi connectivity index (χ4n) is 3.18. The Bertz CT molecular complexity index is 897. The van der Waals surface area contributed by atoms with E-state index in [0.29, 0.717) is 31.9 Å². The predicted molar refractivity (Wildman–Crippen MR) is 104 cm³/mol. The van der Waals surface area contributed by atoms with Crippen molar-refractivity contribution in [1.82, 2.24) is 4.31 Å². The molecule has 1 N–H and O–H groups in total. The van der Waals surface area contributed by atoms with Gasteiger partial charge in [0, 0.05) is 36.8 Å². The molecule has 156 valence electrons. The van der Waals surface area contributed by atoms with Crippen molar-refractivity contribution < 1.29 is 27.5 Å². The predicted octanol–water partition coefficient (Wildman–Crippen LogP) is 4.61. The Morgan fingerprint density at radius 2 is 1.79 bits per heavy atom. The Balaban J connectivity index is 1.61. The van der Waals surface area contributed by atoms with Crippen LogP contribution in [0.4, 0.5) is 23.2 Å². The van der Waals surface area contributed by atoms with Crippen molar-refractivity contribution in [3.05, 3.63) is 58.9 Å². The highest BCUT2D eigenvalue weighted by Gasteiger charge is 2.34. The van der Waals surface area contributed by atoms with Crippen LogP contribution in [-0.4, -0.2) is 41.6 Å². The molecule has 1 saturated heterocycles. The largest absolute Gasteiger partial charge is 0.481 e. The van der Waals surface area contributed by atoms with Crippen molar-refractivity contribution in [3.63, 3.8) is 0 Å². The number of hydrogen-bond donors (Lipinski definition) is 1. The third-order valence-electron chi connectivity index (χ3n) is 4.76. The molecule has 0 aromatic heterocycles. The molecular weight excluding hydrogens is 408 g/mol. The fraction of sp³-hybridized carbons (Fsp3) is 0.350. The van der Waals surface area contributed by atoms with Crippen LogP contribution in [-0.2, 0) is 17.4 Å². The van der Waals surface area contributed by atoms with E-state index in [1.54, 1.807) is 0 Å². The van der Waals surface area contributed by atoms with Crippen LogP contribution in [0.25, 0.3) is 0 Å². The summed E-state index contributed by atoms with van der Waals surface area (Å²) in [5.74, 6) is -2.15. The third-order valence-corrected chi connectivity index (χ3v) is 5.85. The molecule has 2 aromatic rings. The number of piperazine rings is 1. The monoisotopic (exact) mass is 428 g/mol. The first-order chi connectivity index (χ1) is 13.6. The van der Waals surface area contributed by atoms with E-state index in [4.69, 9.17) is 5.11 Å². The average molecular weight is 428 g/mol. The molecule has 0 atom stereocenters. The minimum absolute atomic E-state index is 0.0342. The second-order valence-corrected chi connectivity index (χ2v) is 8.00. The van der Waals surface area contributed by atoms with Gasteiger partial charge in [0.1, 0.15) is 5.82 Å². The molecule has 0 saturated carbocycles. The Morgan fingerprint density at radius 3 is 2.38 bits per heavy atom. The molecular formula is C20H20F4N2O2S. The van der Waals surface area contributed by atoms with Crippen molar-refractivity contribution in [3.8, 4) is 0 Å². The standard InChI is InChI=1S/C20H20F4N2O2S/c1-13-2-4-16(10-14(13)11-19(27)28)29-26-8-6-25(7-9-26)15-3-5-17(18(21)12-15)20(22,23)24/h2-5,10,12H,6-9,11H2,1H3,(H,27,28).